The Morgan fingerprint density at radius 3 is 2.46 bits per heavy atom. The van der Waals surface area contributed by atoms with Crippen molar-refractivity contribution in [3.05, 3.63) is 23.9 Å². The Labute approximate surface area is 209 Å². The Morgan fingerprint density at radius 2 is 1.80 bits per heavy atom. The number of aliphatic hydroxyl groups is 2. The van der Waals surface area contributed by atoms with Crippen LogP contribution in [0.5, 0.6) is 0 Å². The first-order valence-electron chi connectivity index (χ1n) is 13.9. The van der Waals surface area contributed by atoms with Crippen LogP contribution in [0.25, 0.3) is 0 Å². The molecule has 0 spiro atoms. The zero-order valence-electron chi connectivity index (χ0n) is 21.3. The van der Waals surface area contributed by atoms with Crippen LogP contribution in [0.1, 0.15) is 82.1 Å². The number of carbonyl (C=O) groups is 1. The van der Waals surface area contributed by atoms with Gasteiger partial charge in [0.15, 0.2) is 0 Å². The molecule has 1 aromatic heterocycles. The molecule has 2 unspecified atom stereocenters. The summed E-state index contributed by atoms with van der Waals surface area (Å²) in [5, 5.41) is 24.5. The highest BCUT2D eigenvalue weighted by Gasteiger charge is 2.55. The lowest BCUT2D eigenvalue weighted by Crippen LogP contribution is -2.61. The van der Waals surface area contributed by atoms with Gasteiger partial charge in [-0.2, -0.15) is 0 Å². The lowest BCUT2D eigenvalue weighted by molar-refractivity contribution is -0.136. The second kappa shape index (κ2) is 8.70. The Kier molecular flexibility index (Phi) is 5.89. The molecule has 7 rings (SSSR count). The normalized spacial score (nSPS) is 43.4. The number of amides is 1. The number of nitrogens with zero attached hydrogens (tertiary/aromatic N) is 3. The smallest absolute Gasteiger partial charge is 0.270 e. The molecule has 7 heteroatoms. The van der Waals surface area contributed by atoms with E-state index in [4.69, 9.17) is 4.98 Å². The highest BCUT2D eigenvalue weighted by Crippen LogP contribution is 2.55. The van der Waals surface area contributed by atoms with Gasteiger partial charge < -0.3 is 20.4 Å². The highest BCUT2D eigenvalue weighted by molar-refractivity contribution is 5.93. The fourth-order valence-electron chi connectivity index (χ4n) is 8.40. The molecule has 4 bridgehead atoms. The van der Waals surface area contributed by atoms with E-state index in [9.17, 15) is 15.0 Å². The molecule has 1 saturated heterocycles. The van der Waals surface area contributed by atoms with Crippen LogP contribution in [0.3, 0.4) is 0 Å². The van der Waals surface area contributed by atoms with Crippen LogP contribution in [-0.4, -0.2) is 75.0 Å². The van der Waals surface area contributed by atoms with Gasteiger partial charge in [-0.05, 0) is 102 Å². The fraction of sp³-hybridized carbons (Fsp3) is 0.786. The summed E-state index contributed by atoms with van der Waals surface area (Å²) >= 11 is 0. The topological polar surface area (TPSA) is 88.9 Å². The first kappa shape index (κ1) is 23.7. The molecule has 1 aliphatic heterocycles. The summed E-state index contributed by atoms with van der Waals surface area (Å²) in [6.45, 7) is 7.09. The first-order valence-corrected chi connectivity index (χ1v) is 13.9. The number of carbonyl (C=O) groups excluding carboxylic acids is 1. The molecule has 5 saturated carbocycles. The van der Waals surface area contributed by atoms with E-state index in [1.807, 2.05) is 25.1 Å². The van der Waals surface area contributed by atoms with Gasteiger partial charge in [0.1, 0.15) is 11.5 Å². The van der Waals surface area contributed by atoms with Gasteiger partial charge in [-0.25, -0.2) is 4.98 Å². The van der Waals surface area contributed by atoms with E-state index in [0.717, 1.165) is 83.2 Å². The maximum atomic E-state index is 13.3. The average Bonchev–Trinajstić information content (AvgIpc) is 2.80. The molecule has 6 aliphatic rings. The maximum Gasteiger partial charge on any atom is 0.270 e. The molecule has 0 radical (unpaired) electrons. The number of nitrogens with one attached hydrogen (secondary N) is 1. The van der Waals surface area contributed by atoms with Gasteiger partial charge in [-0.15, -0.1) is 0 Å². The van der Waals surface area contributed by atoms with Crippen LogP contribution in [0.2, 0.25) is 0 Å². The summed E-state index contributed by atoms with van der Waals surface area (Å²) in [5.74, 6) is 2.24. The minimum absolute atomic E-state index is 0.0724. The Bertz CT molecular complexity index is 941. The lowest BCUT2D eigenvalue weighted by Gasteiger charge is -2.58. The summed E-state index contributed by atoms with van der Waals surface area (Å²) in [6, 6.07) is 6.87. The van der Waals surface area contributed by atoms with Crippen molar-refractivity contribution in [1.29, 1.82) is 0 Å². The highest BCUT2D eigenvalue weighted by atomic mass is 16.3. The lowest BCUT2D eigenvalue weighted by atomic mass is 9.52. The monoisotopic (exact) mass is 482 g/mol. The van der Waals surface area contributed by atoms with Crippen molar-refractivity contribution >= 4 is 11.7 Å². The zero-order valence-corrected chi connectivity index (χ0v) is 21.3. The average molecular weight is 483 g/mol. The second-order valence-corrected chi connectivity index (χ2v) is 12.8. The van der Waals surface area contributed by atoms with Gasteiger partial charge in [-0.3, -0.25) is 9.69 Å². The third kappa shape index (κ3) is 4.60. The molecule has 3 N–H and O–H groups in total. The summed E-state index contributed by atoms with van der Waals surface area (Å²) in [5.41, 5.74) is -0.478. The summed E-state index contributed by atoms with van der Waals surface area (Å²) in [6.07, 6.45) is 8.79. The van der Waals surface area contributed by atoms with E-state index in [1.54, 1.807) is 0 Å². The summed E-state index contributed by atoms with van der Waals surface area (Å²) < 4.78 is 0. The van der Waals surface area contributed by atoms with E-state index in [0.29, 0.717) is 35.5 Å². The number of piperazine rings is 1. The van der Waals surface area contributed by atoms with Gasteiger partial charge >= 0.3 is 0 Å². The molecule has 3 atom stereocenters. The van der Waals surface area contributed by atoms with Gasteiger partial charge in [0.25, 0.3) is 5.91 Å². The van der Waals surface area contributed by atoms with E-state index in [-0.39, 0.29) is 11.9 Å². The molecular formula is C28H42N4O3. The van der Waals surface area contributed by atoms with Crippen LogP contribution < -0.4 is 10.2 Å². The minimum Gasteiger partial charge on any atom is -0.390 e. The minimum atomic E-state index is -0.495. The quantitative estimate of drug-likeness (QED) is 0.612. The van der Waals surface area contributed by atoms with Crippen molar-refractivity contribution in [3.8, 4) is 0 Å². The number of anilines is 1. The van der Waals surface area contributed by atoms with Gasteiger partial charge in [-0.1, -0.05) is 6.07 Å². The van der Waals surface area contributed by atoms with Crippen LogP contribution >= 0.6 is 0 Å². The maximum absolute atomic E-state index is 13.3. The molecule has 0 aromatic carbocycles. The van der Waals surface area contributed by atoms with Crippen molar-refractivity contribution < 1.29 is 15.0 Å². The van der Waals surface area contributed by atoms with Crippen LogP contribution in [0.4, 0.5) is 5.82 Å². The van der Waals surface area contributed by atoms with Gasteiger partial charge in [0, 0.05) is 37.8 Å². The largest absolute Gasteiger partial charge is 0.390 e. The zero-order chi connectivity index (χ0) is 24.4. The molecule has 7 nitrogen and oxygen atoms in total. The van der Waals surface area contributed by atoms with Gasteiger partial charge in [0.05, 0.1) is 11.2 Å². The van der Waals surface area contributed by atoms with Crippen LogP contribution in [0.15, 0.2) is 18.2 Å². The van der Waals surface area contributed by atoms with E-state index in [2.05, 4.69) is 22.0 Å². The molecule has 192 valence electrons. The van der Waals surface area contributed by atoms with Crippen LogP contribution in [-0.2, 0) is 0 Å². The van der Waals surface area contributed by atoms with Gasteiger partial charge in [0.2, 0.25) is 0 Å². The molecule has 1 amide bonds. The predicted molar refractivity (Wildman–Crippen MR) is 135 cm³/mol. The molecule has 5 aliphatic carbocycles. The summed E-state index contributed by atoms with van der Waals surface area (Å²) in [4.78, 5) is 23.0. The van der Waals surface area contributed by atoms with E-state index >= 15 is 0 Å². The van der Waals surface area contributed by atoms with Crippen molar-refractivity contribution in [1.82, 2.24) is 15.2 Å². The molecule has 35 heavy (non-hydrogen) atoms. The number of hydrogen-bond donors (Lipinski definition) is 3. The number of aromatic nitrogens is 1. The number of rotatable bonds is 4. The van der Waals surface area contributed by atoms with Crippen molar-refractivity contribution in [3.63, 3.8) is 0 Å². The Hall–Kier alpha value is -1.70. The Morgan fingerprint density at radius 1 is 1.09 bits per heavy atom. The third-order valence-electron chi connectivity index (χ3n) is 10.0. The SMILES string of the molecule is C[C@@H]1CN(C2CCC(C)(O)CC2)CCN1c1cccc(C(=O)N[C@H]2C3CC4CC2C[C@](O)(C4)C3)n1. The standard InChI is InChI=1S/C28H42N4O3/c1-18-17-31(22-6-8-27(2,34)9-7-22)10-11-32(18)24-5-3-4-23(29-24)26(33)30-25-20-12-19-13-21(25)16-28(35,14-19)15-20/h3-5,18-22,25,34-35H,6-17H2,1-2H3,(H,30,33)/t18-,19?,20?,21?,22?,25-,27?,28-/m1/s1. The predicted octanol–water partition coefficient (Wildman–Crippen LogP) is 2.96. The van der Waals surface area contributed by atoms with Crippen LogP contribution in [0, 0.1) is 17.8 Å². The van der Waals surface area contributed by atoms with E-state index in [1.165, 1.54) is 0 Å². The van der Waals surface area contributed by atoms with Crippen molar-refractivity contribution in [2.45, 2.75) is 101 Å². The van der Waals surface area contributed by atoms with Crippen molar-refractivity contribution in [2.24, 2.45) is 17.8 Å². The Balaban J connectivity index is 1.09. The molecule has 6 fully saturated rings. The third-order valence-corrected chi connectivity index (χ3v) is 10.0. The first-order chi connectivity index (χ1) is 16.7. The molecule has 2 heterocycles. The summed E-state index contributed by atoms with van der Waals surface area (Å²) in [7, 11) is 0. The molecular weight excluding hydrogens is 440 g/mol. The molecule has 1 aromatic rings. The second-order valence-electron chi connectivity index (χ2n) is 12.8. The van der Waals surface area contributed by atoms with Crippen molar-refractivity contribution in [2.75, 3.05) is 24.5 Å². The number of hydrogen-bond acceptors (Lipinski definition) is 6. The fourth-order valence-corrected chi connectivity index (χ4v) is 8.40. The number of pyridine rings is 1. The van der Waals surface area contributed by atoms with E-state index < -0.39 is 11.2 Å².